The van der Waals surface area contributed by atoms with E-state index in [1.54, 1.807) is 18.2 Å². The van der Waals surface area contributed by atoms with Crippen molar-refractivity contribution in [1.82, 2.24) is 19.8 Å². The number of benzene rings is 1. The number of halogens is 2. The van der Waals surface area contributed by atoms with Gasteiger partial charge in [0.2, 0.25) is 0 Å². The average Bonchev–Trinajstić information content (AvgIpc) is 3.30. The van der Waals surface area contributed by atoms with Crippen molar-refractivity contribution in [3.8, 4) is 11.4 Å². The maximum Gasteiger partial charge on any atom is 0.254 e. The summed E-state index contributed by atoms with van der Waals surface area (Å²) >= 11 is 12.0. The number of nitrogens with zero attached hydrogens (tertiary/aromatic N) is 4. The predicted molar refractivity (Wildman–Crippen MR) is 112 cm³/mol. The van der Waals surface area contributed by atoms with E-state index in [-0.39, 0.29) is 5.91 Å². The Morgan fingerprint density at radius 1 is 1.10 bits per heavy atom. The largest absolute Gasteiger partial charge is 0.361 e. The first kappa shape index (κ1) is 20.0. The molecule has 0 saturated carbocycles. The number of aryl methyl sites for hydroxylation is 2. The lowest BCUT2D eigenvalue weighted by Crippen LogP contribution is -2.36. The van der Waals surface area contributed by atoms with E-state index in [0.717, 1.165) is 46.9 Å². The molecule has 0 N–H and O–H groups in total. The molecule has 0 fully saturated rings. The van der Waals surface area contributed by atoms with Crippen molar-refractivity contribution in [2.45, 2.75) is 46.7 Å². The SMILES string of the molecule is CC.Cc1onc2c1CCn1nc3c(c1-2)CN(C(=O)c1ccc(Cl)c(Cl)c1)CC3. The molecule has 152 valence electrons. The Balaban J connectivity index is 0.000000994. The Hall–Kier alpha value is -2.31. The van der Waals surface area contributed by atoms with Crippen LogP contribution in [-0.4, -0.2) is 32.3 Å². The second-order valence-corrected chi connectivity index (χ2v) is 7.73. The summed E-state index contributed by atoms with van der Waals surface area (Å²) in [6.45, 7) is 7.85. The van der Waals surface area contributed by atoms with Gasteiger partial charge in [0.15, 0.2) is 0 Å². The molecule has 1 amide bonds. The minimum Gasteiger partial charge on any atom is -0.361 e. The van der Waals surface area contributed by atoms with Crippen LogP contribution in [0.25, 0.3) is 11.4 Å². The first-order chi connectivity index (χ1) is 14.0. The quantitative estimate of drug-likeness (QED) is 0.546. The highest BCUT2D eigenvalue weighted by atomic mass is 35.5. The van der Waals surface area contributed by atoms with Gasteiger partial charge in [0.25, 0.3) is 5.91 Å². The molecule has 0 atom stereocenters. The van der Waals surface area contributed by atoms with Gasteiger partial charge in [0, 0.05) is 36.2 Å². The molecule has 0 saturated heterocycles. The Kier molecular flexibility index (Phi) is 5.40. The van der Waals surface area contributed by atoms with Crippen LogP contribution in [0.2, 0.25) is 10.0 Å². The number of rotatable bonds is 1. The fraction of sp³-hybridized carbons (Fsp3) is 0.381. The summed E-state index contributed by atoms with van der Waals surface area (Å²) in [5.74, 6) is 0.789. The Morgan fingerprint density at radius 2 is 1.90 bits per heavy atom. The van der Waals surface area contributed by atoms with Gasteiger partial charge in [0.05, 0.1) is 28.0 Å². The fourth-order valence-electron chi connectivity index (χ4n) is 3.93. The van der Waals surface area contributed by atoms with E-state index in [1.165, 1.54) is 0 Å². The summed E-state index contributed by atoms with van der Waals surface area (Å²) < 4.78 is 7.41. The van der Waals surface area contributed by atoms with Crippen molar-refractivity contribution < 1.29 is 9.32 Å². The molecule has 2 aromatic heterocycles. The highest BCUT2D eigenvalue weighted by Crippen LogP contribution is 2.36. The van der Waals surface area contributed by atoms with Crippen LogP contribution < -0.4 is 0 Å². The van der Waals surface area contributed by atoms with Gasteiger partial charge in [-0.05, 0) is 31.5 Å². The van der Waals surface area contributed by atoms with Crippen LogP contribution in [0.3, 0.4) is 0 Å². The van der Waals surface area contributed by atoms with Crippen LogP contribution in [-0.2, 0) is 25.9 Å². The van der Waals surface area contributed by atoms with Crippen molar-refractivity contribution in [2.75, 3.05) is 6.54 Å². The zero-order valence-electron chi connectivity index (χ0n) is 16.6. The van der Waals surface area contributed by atoms with Crippen molar-refractivity contribution >= 4 is 29.1 Å². The van der Waals surface area contributed by atoms with E-state index in [2.05, 4.69) is 5.16 Å². The molecule has 0 radical (unpaired) electrons. The highest BCUT2D eigenvalue weighted by molar-refractivity contribution is 6.42. The molecule has 0 aliphatic carbocycles. The summed E-state index contributed by atoms with van der Waals surface area (Å²) in [7, 11) is 0. The third kappa shape index (κ3) is 3.34. The van der Waals surface area contributed by atoms with Gasteiger partial charge in [-0.1, -0.05) is 42.2 Å². The van der Waals surface area contributed by atoms with E-state index in [4.69, 9.17) is 32.8 Å². The van der Waals surface area contributed by atoms with Gasteiger partial charge in [-0.25, -0.2) is 0 Å². The zero-order chi connectivity index (χ0) is 20.7. The Labute approximate surface area is 179 Å². The van der Waals surface area contributed by atoms with Crippen molar-refractivity contribution in [2.24, 2.45) is 0 Å². The smallest absolute Gasteiger partial charge is 0.254 e. The third-order valence-corrected chi connectivity index (χ3v) is 6.08. The molecule has 0 spiro atoms. The molecular formula is C21H22Cl2N4O2. The van der Waals surface area contributed by atoms with Crippen molar-refractivity contribution in [1.29, 1.82) is 0 Å². The first-order valence-corrected chi connectivity index (χ1v) is 10.6. The monoisotopic (exact) mass is 432 g/mol. The highest BCUT2D eigenvalue weighted by Gasteiger charge is 2.33. The number of fused-ring (bicyclic) bond motifs is 5. The molecule has 4 heterocycles. The van der Waals surface area contributed by atoms with Gasteiger partial charge in [-0.15, -0.1) is 0 Å². The Morgan fingerprint density at radius 3 is 2.66 bits per heavy atom. The summed E-state index contributed by atoms with van der Waals surface area (Å²) in [4.78, 5) is 14.8. The van der Waals surface area contributed by atoms with Crippen LogP contribution in [0.15, 0.2) is 22.7 Å². The molecule has 0 bridgehead atoms. The molecule has 2 aliphatic heterocycles. The molecule has 5 rings (SSSR count). The molecular weight excluding hydrogens is 411 g/mol. The van der Waals surface area contributed by atoms with Gasteiger partial charge < -0.3 is 9.42 Å². The normalized spacial score (nSPS) is 14.4. The summed E-state index contributed by atoms with van der Waals surface area (Å²) in [5, 5.41) is 9.83. The zero-order valence-corrected chi connectivity index (χ0v) is 18.1. The number of carbonyl (C=O) groups excluding carboxylic acids is 1. The molecule has 1 aromatic carbocycles. The minimum absolute atomic E-state index is 0.0634. The summed E-state index contributed by atoms with van der Waals surface area (Å²) in [5.41, 5.74) is 5.61. The second kappa shape index (κ2) is 7.84. The van der Waals surface area contributed by atoms with Gasteiger partial charge in [-0.3, -0.25) is 9.48 Å². The van der Waals surface area contributed by atoms with E-state index >= 15 is 0 Å². The van der Waals surface area contributed by atoms with E-state index in [1.807, 2.05) is 30.4 Å². The molecule has 0 unspecified atom stereocenters. The van der Waals surface area contributed by atoms with E-state index in [9.17, 15) is 4.79 Å². The van der Waals surface area contributed by atoms with Crippen LogP contribution >= 0.6 is 23.2 Å². The number of hydrogen-bond acceptors (Lipinski definition) is 4. The topological polar surface area (TPSA) is 64.2 Å². The minimum atomic E-state index is -0.0634. The number of hydrogen-bond donors (Lipinski definition) is 0. The van der Waals surface area contributed by atoms with Gasteiger partial charge >= 0.3 is 0 Å². The summed E-state index contributed by atoms with van der Waals surface area (Å²) in [6, 6.07) is 4.98. The van der Waals surface area contributed by atoms with Crippen LogP contribution in [0.4, 0.5) is 0 Å². The molecule has 2 aliphatic rings. The fourth-order valence-corrected chi connectivity index (χ4v) is 4.23. The van der Waals surface area contributed by atoms with Crippen LogP contribution in [0.1, 0.15) is 46.8 Å². The number of carbonyl (C=O) groups is 1. The lowest BCUT2D eigenvalue weighted by Gasteiger charge is -2.27. The van der Waals surface area contributed by atoms with Gasteiger partial charge in [-0.2, -0.15) is 5.10 Å². The second-order valence-electron chi connectivity index (χ2n) is 6.92. The Bertz CT molecular complexity index is 1090. The number of amides is 1. The molecule has 29 heavy (non-hydrogen) atoms. The lowest BCUT2D eigenvalue weighted by atomic mass is 9.98. The average molecular weight is 433 g/mol. The standard InChI is InChI=1S/C19H16Cl2N4O2.C2H6/c1-10-12-4-7-25-18(17(12)23-27-10)13-9-24(6-5-16(13)22-25)19(26)11-2-3-14(20)15(21)8-11;1-2/h2-3,8H,4-7,9H2,1H3;1-2H3. The van der Waals surface area contributed by atoms with Crippen LogP contribution in [0, 0.1) is 6.92 Å². The van der Waals surface area contributed by atoms with Gasteiger partial charge in [0.1, 0.15) is 11.5 Å². The van der Waals surface area contributed by atoms with E-state index in [0.29, 0.717) is 35.1 Å². The third-order valence-electron chi connectivity index (χ3n) is 5.34. The number of aromatic nitrogens is 3. The maximum atomic E-state index is 13.0. The predicted octanol–water partition coefficient (Wildman–Crippen LogP) is 4.93. The van der Waals surface area contributed by atoms with Crippen molar-refractivity contribution in [3.05, 3.63) is 56.4 Å². The van der Waals surface area contributed by atoms with Crippen molar-refractivity contribution in [3.63, 3.8) is 0 Å². The van der Waals surface area contributed by atoms with E-state index < -0.39 is 0 Å². The molecule has 3 aromatic rings. The molecule has 8 heteroatoms. The first-order valence-electron chi connectivity index (χ1n) is 9.81. The maximum absolute atomic E-state index is 13.0. The molecule has 6 nitrogen and oxygen atoms in total. The van der Waals surface area contributed by atoms with Crippen LogP contribution in [0.5, 0.6) is 0 Å². The summed E-state index contributed by atoms with van der Waals surface area (Å²) in [6.07, 6.45) is 1.58. The lowest BCUT2D eigenvalue weighted by molar-refractivity contribution is 0.0734.